The van der Waals surface area contributed by atoms with Crippen molar-refractivity contribution >= 4 is 13.9 Å². The Morgan fingerprint density at radius 1 is 1.32 bits per heavy atom. The van der Waals surface area contributed by atoms with E-state index >= 15 is 0 Å². The molecule has 0 bridgehead atoms. The molecule has 0 spiro atoms. The van der Waals surface area contributed by atoms with Gasteiger partial charge in [0.25, 0.3) is 0 Å². The van der Waals surface area contributed by atoms with Crippen LogP contribution in [0.5, 0.6) is 0 Å². The van der Waals surface area contributed by atoms with Gasteiger partial charge in [-0.1, -0.05) is 49.1 Å². The third kappa shape index (κ3) is 3.40. The molecule has 120 valence electrons. The van der Waals surface area contributed by atoms with E-state index in [2.05, 4.69) is 26.2 Å². The van der Waals surface area contributed by atoms with E-state index in [-0.39, 0.29) is 12.6 Å². The molecule has 22 heavy (non-hydrogen) atoms. The number of ether oxygens (including phenoxy) is 2. The first-order valence-electron chi connectivity index (χ1n) is 7.74. The van der Waals surface area contributed by atoms with Crippen LogP contribution in [0.3, 0.4) is 0 Å². The lowest BCUT2D eigenvalue weighted by atomic mass is 9.77. The van der Waals surface area contributed by atoms with Crippen LogP contribution in [-0.2, 0) is 15.9 Å². The number of carbonyl (C=O) groups is 1. The molecule has 0 heterocycles. The maximum Gasteiger partial charge on any atom is 0.195 e. The number of hydrogen-bond donors (Lipinski definition) is 0. The number of aryl methyl sites for hydroxylation is 1. The first kappa shape index (κ1) is 17.1. The van der Waals surface area contributed by atoms with Crippen LogP contribution in [0.15, 0.2) is 36.0 Å². The Hall–Kier alpha value is -1.23. The van der Waals surface area contributed by atoms with Crippen LogP contribution >= 0.6 is 0 Å². The zero-order chi connectivity index (χ0) is 16.4. The highest BCUT2D eigenvalue weighted by molar-refractivity contribution is 6.83. The monoisotopic (exact) mass is 318 g/mol. The van der Waals surface area contributed by atoms with E-state index in [1.807, 2.05) is 24.3 Å². The van der Waals surface area contributed by atoms with Crippen LogP contribution < -0.4 is 0 Å². The zero-order valence-corrected chi connectivity index (χ0v) is 15.1. The SMILES string of the molecule is C=C(C[C@@]1(OCOC)CCc2ccccc2C1=O)[Si](C)(C)C. The van der Waals surface area contributed by atoms with Crippen molar-refractivity contribution in [1.82, 2.24) is 0 Å². The van der Waals surface area contributed by atoms with Crippen LogP contribution in [0.4, 0.5) is 0 Å². The van der Waals surface area contributed by atoms with Gasteiger partial charge >= 0.3 is 0 Å². The van der Waals surface area contributed by atoms with Crippen molar-refractivity contribution in [2.75, 3.05) is 13.9 Å². The lowest BCUT2D eigenvalue weighted by Gasteiger charge is -2.38. The second kappa shape index (κ2) is 6.48. The molecular formula is C18H26O3Si. The predicted octanol–water partition coefficient (Wildman–Crippen LogP) is 4.00. The van der Waals surface area contributed by atoms with E-state index in [0.29, 0.717) is 12.8 Å². The summed E-state index contributed by atoms with van der Waals surface area (Å²) in [6, 6.07) is 7.83. The molecule has 0 unspecified atom stereocenters. The number of rotatable bonds is 6. The number of benzene rings is 1. The molecule has 0 amide bonds. The quantitative estimate of drug-likeness (QED) is 0.587. The van der Waals surface area contributed by atoms with E-state index in [0.717, 1.165) is 22.7 Å². The molecule has 2 rings (SSSR count). The predicted molar refractivity (Wildman–Crippen MR) is 91.9 cm³/mol. The number of carbonyl (C=O) groups excluding carboxylic acids is 1. The van der Waals surface area contributed by atoms with Crippen molar-refractivity contribution in [1.29, 1.82) is 0 Å². The van der Waals surface area contributed by atoms with Gasteiger partial charge in [0, 0.05) is 19.1 Å². The Bertz CT molecular complexity index is 574. The summed E-state index contributed by atoms with van der Waals surface area (Å²) < 4.78 is 11.0. The normalized spacial score (nSPS) is 21.5. The number of methoxy groups -OCH3 is 1. The minimum Gasteiger partial charge on any atom is -0.359 e. The van der Waals surface area contributed by atoms with Crippen LogP contribution in [0.2, 0.25) is 19.6 Å². The standard InChI is InChI=1S/C18H26O3Si/c1-14(22(3,4)5)12-18(21-13-20-2)11-10-15-8-6-7-9-16(15)17(18)19/h6-9H,1,10-13H2,2-5H3/t18-/m0/s1. The van der Waals surface area contributed by atoms with Crippen molar-refractivity contribution in [2.24, 2.45) is 0 Å². The Labute approximate surface area is 134 Å². The van der Waals surface area contributed by atoms with Crippen molar-refractivity contribution in [2.45, 2.75) is 44.5 Å². The largest absolute Gasteiger partial charge is 0.359 e. The lowest BCUT2D eigenvalue weighted by molar-refractivity contribution is -0.113. The highest BCUT2D eigenvalue weighted by Gasteiger charge is 2.45. The molecule has 1 aliphatic rings. The second-order valence-corrected chi connectivity index (χ2v) is 12.3. The molecule has 0 N–H and O–H groups in total. The summed E-state index contributed by atoms with van der Waals surface area (Å²) in [6.07, 6.45) is 2.14. The van der Waals surface area contributed by atoms with Crippen LogP contribution in [0.25, 0.3) is 0 Å². The van der Waals surface area contributed by atoms with Crippen molar-refractivity contribution in [3.05, 3.63) is 47.2 Å². The van der Waals surface area contributed by atoms with Gasteiger partial charge < -0.3 is 9.47 Å². The molecule has 0 aliphatic heterocycles. The summed E-state index contributed by atoms with van der Waals surface area (Å²) >= 11 is 0. The fourth-order valence-corrected chi connectivity index (χ4v) is 3.61. The average molecular weight is 318 g/mol. The fraction of sp³-hybridized carbons (Fsp3) is 0.500. The summed E-state index contributed by atoms with van der Waals surface area (Å²) in [6.45, 7) is 11.1. The summed E-state index contributed by atoms with van der Waals surface area (Å²) in [5, 5.41) is 1.16. The lowest BCUT2D eigenvalue weighted by Crippen LogP contribution is -2.47. The average Bonchev–Trinajstić information content (AvgIpc) is 2.48. The fourth-order valence-electron chi connectivity index (χ4n) is 2.79. The third-order valence-electron chi connectivity index (χ3n) is 4.49. The third-order valence-corrected chi connectivity index (χ3v) is 6.78. The van der Waals surface area contributed by atoms with Crippen molar-refractivity contribution < 1.29 is 14.3 Å². The van der Waals surface area contributed by atoms with Crippen LogP contribution in [-0.4, -0.2) is 33.4 Å². The molecular weight excluding hydrogens is 292 g/mol. The molecule has 1 atom stereocenters. The van der Waals surface area contributed by atoms with E-state index < -0.39 is 13.7 Å². The Morgan fingerprint density at radius 2 is 2.00 bits per heavy atom. The van der Waals surface area contributed by atoms with Gasteiger partial charge in [-0.25, -0.2) is 0 Å². The highest BCUT2D eigenvalue weighted by atomic mass is 28.3. The van der Waals surface area contributed by atoms with Crippen molar-refractivity contribution in [3.63, 3.8) is 0 Å². The molecule has 0 radical (unpaired) electrons. The van der Waals surface area contributed by atoms with Gasteiger partial charge in [-0.05, 0) is 18.4 Å². The maximum absolute atomic E-state index is 13.1. The maximum atomic E-state index is 13.1. The van der Waals surface area contributed by atoms with E-state index in [1.54, 1.807) is 7.11 Å². The Morgan fingerprint density at radius 3 is 2.64 bits per heavy atom. The summed E-state index contributed by atoms with van der Waals surface area (Å²) in [5.74, 6) is 0.0748. The van der Waals surface area contributed by atoms with E-state index in [9.17, 15) is 4.79 Å². The zero-order valence-electron chi connectivity index (χ0n) is 14.1. The van der Waals surface area contributed by atoms with Gasteiger partial charge in [0.2, 0.25) is 0 Å². The Kier molecular flexibility index (Phi) is 5.05. The number of ketones is 1. The van der Waals surface area contributed by atoms with E-state index in [1.165, 1.54) is 0 Å². The molecule has 1 aromatic rings. The van der Waals surface area contributed by atoms with Gasteiger partial charge in [0.1, 0.15) is 12.4 Å². The minimum atomic E-state index is -1.52. The smallest absolute Gasteiger partial charge is 0.195 e. The molecule has 0 saturated heterocycles. The molecule has 1 aliphatic carbocycles. The van der Waals surface area contributed by atoms with Gasteiger partial charge in [0.05, 0.1) is 8.07 Å². The van der Waals surface area contributed by atoms with E-state index in [4.69, 9.17) is 9.47 Å². The molecule has 0 fully saturated rings. The molecule has 0 saturated carbocycles. The summed E-state index contributed by atoms with van der Waals surface area (Å²) in [4.78, 5) is 13.1. The first-order chi connectivity index (χ1) is 10.3. The number of Topliss-reactive ketones (excluding diaryl/α,β-unsaturated/α-hetero) is 1. The second-order valence-electron chi connectivity index (χ2n) is 7.06. The molecule has 4 heteroatoms. The first-order valence-corrected chi connectivity index (χ1v) is 11.2. The summed E-state index contributed by atoms with van der Waals surface area (Å²) in [7, 11) is 0.0661. The molecule has 0 aromatic heterocycles. The topological polar surface area (TPSA) is 35.5 Å². The van der Waals surface area contributed by atoms with Gasteiger partial charge in [0.15, 0.2) is 5.78 Å². The highest BCUT2D eigenvalue weighted by Crippen LogP contribution is 2.37. The molecule has 3 nitrogen and oxygen atoms in total. The van der Waals surface area contributed by atoms with Gasteiger partial charge in [-0.2, -0.15) is 0 Å². The van der Waals surface area contributed by atoms with Crippen LogP contribution in [0.1, 0.15) is 28.8 Å². The minimum absolute atomic E-state index is 0.0748. The van der Waals surface area contributed by atoms with Gasteiger partial charge in [-0.3, -0.25) is 4.79 Å². The summed E-state index contributed by atoms with van der Waals surface area (Å²) in [5.41, 5.74) is 1.08. The number of fused-ring (bicyclic) bond motifs is 1. The van der Waals surface area contributed by atoms with Gasteiger partial charge in [-0.15, -0.1) is 6.58 Å². The Balaban J connectivity index is 2.35. The van der Waals surface area contributed by atoms with Crippen molar-refractivity contribution in [3.8, 4) is 0 Å². The molecule has 1 aromatic carbocycles. The number of hydrogen-bond acceptors (Lipinski definition) is 3. The van der Waals surface area contributed by atoms with Crippen LogP contribution in [0, 0.1) is 0 Å².